The Morgan fingerprint density at radius 3 is 2.45 bits per heavy atom. The molecule has 2 saturated carbocycles. The summed E-state index contributed by atoms with van der Waals surface area (Å²) in [6.07, 6.45) is 5.13. The van der Waals surface area contributed by atoms with Crippen LogP contribution in [0.15, 0.2) is 29.2 Å². The standard InChI is InChI=1S/C15H22N2O2S/c1-17(10-13-9-11-2-3-12(13)8-11)20(18,19)15-6-4-14(16)5-7-15/h4-7,11-13H,2-3,8-10,16H2,1H3. The highest BCUT2D eigenvalue weighted by Gasteiger charge is 2.40. The molecule has 2 fully saturated rings. The first kappa shape index (κ1) is 13.9. The fourth-order valence-corrected chi connectivity index (χ4v) is 5.08. The first-order valence-electron chi connectivity index (χ1n) is 7.28. The lowest BCUT2D eigenvalue weighted by Gasteiger charge is -2.26. The fraction of sp³-hybridized carbons (Fsp3) is 0.600. The first-order valence-corrected chi connectivity index (χ1v) is 8.72. The molecule has 2 aliphatic carbocycles. The lowest BCUT2D eigenvalue weighted by molar-refractivity contribution is 0.280. The van der Waals surface area contributed by atoms with E-state index in [1.807, 2.05) is 0 Å². The maximum absolute atomic E-state index is 12.5. The maximum atomic E-state index is 12.5. The van der Waals surface area contributed by atoms with Gasteiger partial charge in [-0.05, 0) is 61.3 Å². The summed E-state index contributed by atoms with van der Waals surface area (Å²) in [7, 11) is -1.69. The Hall–Kier alpha value is -1.07. The SMILES string of the molecule is CN(CC1CC2CCC1C2)S(=O)(=O)c1ccc(N)cc1. The zero-order valence-corrected chi connectivity index (χ0v) is 12.6. The summed E-state index contributed by atoms with van der Waals surface area (Å²) >= 11 is 0. The van der Waals surface area contributed by atoms with Crippen LogP contribution in [-0.4, -0.2) is 26.3 Å². The van der Waals surface area contributed by atoms with Gasteiger partial charge in [-0.3, -0.25) is 0 Å². The molecule has 0 saturated heterocycles. The van der Waals surface area contributed by atoms with E-state index >= 15 is 0 Å². The Morgan fingerprint density at radius 1 is 1.20 bits per heavy atom. The highest BCUT2D eigenvalue weighted by Crippen LogP contribution is 2.48. The molecule has 4 nitrogen and oxygen atoms in total. The van der Waals surface area contributed by atoms with Gasteiger partial charge in [-0.2, -0.15) is 0 Å². The van der Waals surface area contributed by atoms with E-state index in [-0.39, 0.29) is 0 Å². The highest BCUT2D eigenvalue weighted by atomic mass is 32.2. The normalized spacial score (nSPS) is 29.2. The first-order chi connectivity index (χ1) is 9.46. The number of hydrogen-bond donors (Lipinski definition) is 1. The van der Waals surface area contributed by atoms with Crippen LogP contribution in [0.5, 0.6) is 0 Å². The number of fused-ring (bicyclic) bond motifs is 2. The largest absolute Gasteiger partial charge is 0.399 e. The smallest absolute Gasteiger partial charge is 0.242 e. The molecule has 0 aromatic heterocycles. The molecule has 2 aliphatic rings. The van der Waals surface area contributed by atoms with E-state index in [1.54, 1.807) is 31.3 Å². The Kier molecular flexibility index (Phi) is 3.50. The number of hydrogen-bond acceptors (Lipinski definition) is 3. The zero-order valence-electron chi connectivity index (χ0n) is 11.8. The summed E-state index contributed by atoms with van der Waals surface area (Å²) in [5.74, 6) is 2.13. The van der Waals surface area contributed by atoms with E-state index in [1.165, 1.54) is 30.0 Å². The van der Waals surface area contributed by atoms with E-state index in [9.17, 15) is 8.42 Å². The zero-order chi connectivity index (χ0) is 14.3. The molecule has 0 heterocycles. The van der Waals surface area contributed by atoms with Gasteiger partial charge < -0.3 is 5.73 Å². The van der Waals surface area contributed by atoms with Crippen LogP contribution < -0.4 is 5.73 Å². The van der Waals surface area contributed by atoms with Gasteiger partial charge >= 0.3 is 0 Å². The van der Waals surface area contributed by atoms with Crippen molar-refractivity contribution in [2.24, 2.45) is 17.8 Å². The van der Waals surface area contributed by atoms with Crippen molar-refractivity contribution in [1.29, 1.82) is 0 Å². The molecule has 1 aromatic carbocycles. The Bertz CT molecular complexity index is 582. The van der Waals surface area contributed by atoms with Crippen molar-refractivity contribution < 1.29 is 8.42 Å². The molecule has 5 heteroatoms. The number of rotatable bonds is 4. The number of benzene rings is 1. The Morgan fingerprint density at radius 2 is 1.90 bits per heavy atom. The second-order valence-corrected chi connectivity index (χ2v) is 8.33. The minimum Gasteiger partial charge on any atom is -0.399 e. The molecule has 0 aliphatic heterocycles. The van der Waals surface area contributed by atoms with Crippen molar-refractivity contribution in [3.05, 3.63) is 24.3 Å². The van der Waals surface area contributed by atoms with Crippen LogP contribution in [-0.2, 0) is 10.0 Å². The molecule has 1 aromatic rings. The summed E-state index contributed by atoms with van der Waals surface area (Å²) in [6.45, 7) is 0.647. The predicted molar refractivity (Wildman–Crippen MR) is 79.6 cm³/mol. The molecule has 20 heavy (non-hydrogen) atoms. The summed E-state index contributed by atoms with van der Waals surface area (Å²) < 4.78 is 26.6. The topological polar surface area (TPSA) is 63.4 Å². The van der Waals surface area contributed by atoms with Gasteiger partial charge in [0.2, 0.25) is 10.0 Å². The van der Waals surface area contributed by atoms with Crippen molar-refractivity contribution in [2.75, 3.05) is 19.3 Å². The molecular formula is C15H22N2O2S. The van der Waals surface area contributed by atoms with E-state index in [0.717, 1.165) is 11.8 Å². The summed E-state index contributed by atoms with van der Waals surface area (Å²) in [6, 6.07) is 6.44. The third kappa shape index (κ3) is 2.44. The molecule has 2 bridgehead atoms. The second kappa shape index (κ2) is 5.04. The van der Waals surface area contributed by atoms with Gasteiger partial charge in [0.1, 0.15) is 0 Å². The van der Waals surface area contributed by atoms with Gasteiger partial charge in [0.15, 0.2) is 0 Å². The molecular weight excluding hydrogens is 272 g/mol. The van der Waals surface area contributed by atoms with Crippen LogP contribution in [0.4, 0.5) is 5.69 Å². The van der Waals surface area contributed by atoms with E-state index in [2.05, 4.69) is 0 Å². The number of nitrogen functional groups attached to an aromatic ring is 1. The molecule has 2 N–H and O–H groups in total. The quantitative estimate of drug-likeness (QED) is 0.867. The lowest BCUT2D eigenvalue weighted by atomic mass is 9.89. The van der Waals surface area contributed by atoms with Crippen molar-refractivity contribution in [2.45, 2.75) is 30.6 Å². The van der Waals surface area contributed by atoms with Gasteiger partial charge in [-0.15, -0.1) is 0 Å². The van der Waals surface area contributed by atoms with Crippen molar-refractivity contribution in [3.63, 3.8) is 0 Å². The maximum Gasteiger partial charge on any atom is 0.242 e. The third-order valence-electron chi connectivity index (χ3n) is 4.96. The number of nitrogens with two attached hydrogens (primary N) is 1. The number of sulfonamides is 1. The van der Waals surface area contributed by atoms with Gasteiger partial charge in [0.25, 0.3) is 0 Å². The molecule has 0 radical (unpaired) electrons. The minimum atomic E-state index is -3.38. The third-order valence-corrected chi connectivity index (χ3v) is 6.80. The van der Waals surface area contributed by atoms with Crippen molar-refractivity contribution >= 4 is 15.7 Å². The monoisotopic (exact) mass is 294 g/mol. The van der Waals surface area contributed by atoms with Gasteiger partial charge in [-0.1, -0.05) is 6.42 Å². The molecule has 3 atom stereocenters. The van der Waals surface area contributed by atoms with Crippen LogP contribution in [0.3, 0.4) is 0 Å². The average molecular weight is 294 g/mol. The molecule has 110 valence electrons. The van der Waals surface area contributed by atoms with Crippen LogP contribution in [0, 0.1) is 17.8 Å². The summed E-state index contributed by atoms with van der Waals surface area (Å²) in [5.41, 5.74) is 6.19. The minimum absolute atomic E-state index is 0.331. The molecule has 3 rings (SSSR count). The summed E-state index contributed by atoms with van der Waals surface area (Å²) in [4.78, 5) is 0.331. The molecule has 0 amide bonds. The predicted octanol–water partition coefficient (Wildman–Crippen LogP) is 2.33. The van der Waals surface area contributed by atoms with E-state index in [0.29, 0.717) is 23.0 Å². The Balaban J connectivity index is 1.72. The number of anilines is 1. The van der Waals surface area contributed by atoms with Gasteiger partial charge in [-0.25, -0.2) is 12.7 Å². The lowest BCUT2D eigenvalue weighted by Crippen LogP contribution is -2.33. The summed E-state index contributed by atoms with van der Waals surface area (Å²) in [5, 5.41) is 0. The van der Waals surface area contributed by atoms with E-state index in [4.69, 9.17) is 5.73 Å². The molecule has 3 unspecified atom stereocenters. The fourth-order valence-electron chi connectivity index (χ4n) is 3.85. The second-order valence-electron chi connectivity index (χ2n) is 6.29. The van der Waals surface area contributed by atoms with Gasteiger partial charge in [0.05, 0.1) is 4.90 Å². The average Bonchev–Trinajstić information content (AvgIpc) is 3.01. The Labute approximate surface area is 121 Å². The number of nitrogens with zero attached hydrogens (tertiary/aromatic N) is 1. The van der Waals surface area contributed by atoms with Gasteiger partial charge in [0, 0.05) is 19.3 Å². The van der Waals surface area contributed by atoms with Crippen LogP contribution in [0.2, 0.25) is 0 Å². The van der Waals surface area contributed by atoms with Crippen molar-refractivity contribution in [1.82, 2.24) is 4.31 Å². The van der Waals surface area contributed by atoms with Crippen LogP contribution in [0.1, 0.15) is 25.7 Å². The van der Waals surface area contributed by atoms with E-state index < -0.39 is 10.0 Å². The van der Waals surface area contributed by atoms with Crippen molar-refractivity contribution in [3.8, 4) is 0 Å². The van der Waals surface area contributed by atoms with Crippen LogP contribution in [0.25, 0.3) is 0 Å². The van der Waals surface area contributed by atoms with Crippen LogP contribution >= 0.6 is 0 Å². The molecule has 0 spiro atoms. The highest BCUT2D eigenvalue weighted by molar-refractivity contribution is 7.89.